The highest BCUT2D eigenvalue weighted by Gasteiger charge is 2.19. The van der Waals surface area contributed by atoms with Crippen LogP contribution in [0, 0.1) is 17.0 Å². The Morgan fingerprint density at radius 3 is 2.70 bits per heavy atom. The lowest BCUT2D eigenvalue weighted by atomic mass is 10.1. The number of esters is 1. The van der Waals surface area contributed by atoms with E-state index in [0.29, 0.717) is 5.56 Å². The normalized spacial score (nSPS) is 11.6. The van der Waals surface area contributed by atoms with Crippen molar-refractivity contribution < 1.29 is 24.4 Å². The Balaban J connectivity index is 2.80. The van der Waals surface area contributed by atoms with E-state index in [1.54, 1.807) is 6.92 Å². The van der Waals surface area contributed by atoms with Crippen LogP contribution in [0.3, 0.4) is 0 Å². The summed E-state index contributed by atoms with van der Waals surface area (Å²) in [5.41, 5.74) is 0.436. The number of nitro groups is 1. The van der Waals surface area contributed by atoms with Crippen molar-refractivity contribution in [2.45, 2.75) is 13.0 Å². The van der Waals surface area contributed by atoms with Crippen molar-refractivity contribution in [3.63, 3.8) is 0 Å². The van der Waals surface area contributed by atoms with E-state index in [1.165, 1.54) is 12.1 Å². The van der Waals surface area contributed by atoms with Crippen LogP contribution in [0.5, 0.6) is 0 Å². The molecule has 1 rings (SSSR count). The number of ether oxygens (including phenoxy) is 1. The number of aliphatic hydroxyl groups is 1. The predicted octanol–water partition coefficient (Wildman–Crippen LogP) is 0.167. The Morgan fingerprint density at radius 1 is 1.50 bits per heavy atom. The first-order valence-electron chi connectivity index (χ1n) is 5.66. The van der Waals surface area contributed by atoms with Crippen LogP contribution < -0.4 is 5.32 Å². The molecule has 20 heavy (non-hydrogen) atoms. The molecule has 1 atom stereocenters. The maximum absolute atomic E-state index is 11.9. The number of amides is 1. The molecular formula is C12H14N2O6. The molecule has 1 aromatic carbocycles. The number of carbonyl (C=O) groups excluding carboxylic acids is 2. The molecule has 0 aliphatic heterocycles. The predicted molar refractivity (Wildman–Crippen MR) is 68.2 cm³/mol. The van der Waals surface area contributed by atoms with E-state index >= 15 is 0 Å². The number of hydrogen-bond donors (Lipinski definition) is 2. The minimum absolute atomic E-state index is 0.108. The highest BCUT2D eigenvalue weighted by atomic mass is 16.6. The molecular weight excluding hydrogens is 268 g/mol. The highest BCUT2D eigenvalue weighted by Crippen LogP contribution is 2.17. The number of nitrogens with one attached hydrogen (secondary N) is 1. The Labute approximate surface area is 114 Å². The Bertz CT molecular complexity index is 543. The summed E-state index contributed by atoms with van der Waals surface area (Å²) >= 11 is 0. The molecule has 0 heterocycles. The van der Waals surface area contributed by atoms with Crippen LogP contribution in [0.2, 0.25) is 0 Å². The quantitative estimate of drug-likeness (QED) is 0.451. The van der Waals surface area contributed by atoms with Crippen LogP contribution in [-0.4, -0.2) is 41.7 Å². The number of rotatable bonds is 5. The fourth-order valence-electron chi connectivity index (χ4n) is 1.47. The van der Waals surface area contributed by atoms with Crippen LogP contribution in [0.4, 0.5) is 5.69 Å². The second-order valence-electron chi connectivity index (χ2n) is 4.01. The van der Waals surface area contributed by atoms with Gasteiger partial charge in [0, 0.05) is 17.7 Å². The number of carbonyl (C=O) groups is 2. The van der Waals surface area contributed by atoms with E-state index in [-0.39, 0.29) is 17.8 Å². The molecule has 1 aromatic rings. The summed E-state index contributed by atoms with van der Waals surface area (Å²) in [4.78, 5) is 32.9. The van der Waals surface area contributed by atoms with Gasteiger partial charge in [0.05, 0.1) is 18.6 Å². The summed E-state index contributed by atoms with van der Waals surface area (Å²) in [5, 5.41) is 22.3. The number of non-ortho nitro benzene ring substituents is 1. The van der Waals surface area contributed by atoms with Gasteiger partial charge in [-0.1, -0.05) is 6.07 Å². The van der Waals surface area contributed by atoms with E-state index < -0.39 is 22.9 Å². The number of nitrogens with zero attached hydrogens (tertiary/aromatic N) is 1. The number of aliphatic hydroxyl groups excluding tert-OH is 1. The van der Waals surface area contributed by atoms with E-state index in [1.807, 2.05) is 0 Å². The maximum Gasteiger partial charge on any atom is 0.336 e. The van der Waals surface area contributed by atoms with Gasteiger partial charge in [-0.2, -0.15) is 0 Å². The van der Waals surface area contributed by atoms with Crippen molar-refractivity contribution in [1.29, 1.82) is 0 Å². The van der Waals surface area contributed by atoms with E-state index in [4.69, 9.17) is 0 Å². The summed E-state index contributed by atoms with van der Waals surface area (Å²) in [5.74, 6) is -1.49. The lowest BCUT2D eigenvalue weighted by Gasteiger charge is -2.10. The lowest BCUT2D eigenvalue weighted by Crippen LogP contribution is -2.37. The van der Waals surface area contributed by atoms with Gasteiger partial charge in [-0.05, 0) is 12.5 Å². The maximum atomic E-state index is 11.9. The zero-order valence-corrected chi connectivity index (χ0v) is 11.0. The van der Waals surface area contributed by atoms with Crippen molar-refractivity contribution in [2.24, 2.45) is 0 Å². The standard InChI is InChI=1S/C12H14N2O6/c1-7-3-4-8(14(18)19)5-9(7)11(16)13-6-10(15)12(17)20-2/h3-5,10,15H,6H2,1-2H3,(H,13,16). The van der Waals surface area contributed by atoms with Gasteiger partial charge in [-0.25, -0.2) is 4.79 Å². The second kappa shape index (κ2) is 6.62. The van der Waals surface area contributed by atoms with Gasteiger partial charge in [0.15, 0.2) is 6.10 Å². The molecule has 8 heteroatoms. The largest absolute Gasteiger partial charge is 0.467 e. The summed E-state index contributed by atoms with van der Waals surface area (Å²) in [6.07, 6.45) is -1.48. The van der Waals surface area contributed by atoms with Crippen molar-refractivity contribution in [3.8, 4) is 0 Å². The molecule has 0 aromatic heterocycles. The Morgan fingerprint density at radius 2 is 2.15 bits per heavy atom. The van der Waals surface area contributed by atoms with Gasteiger partial charge in [0.2, 0.25) is 0 Å². The monoisotopic (exact) mass is 282 g/mol. The first kappa shape index (κ1) is 15.6. The van der Waals surface area contributed by atoms with Crippen molar-refractivity contribution in [1.82, 2.24) is 5.32 Å². The van der Waals surface area contributed by atoms with Crippen LogP contribution in [-0.2, 0) is 9.53 Å². The van der Waals surface area contributed by atoms with Gasteiger partial charge in [-0.15, -0.1) is 0 Å². The first-order valence-corrected chi connectivity index (χ1v) is 5.66. The summed E-state index contributed by atoms with van der Waals surface area (Å²) in [7, 11) is 1.11. The first-order chi connectivity index (χ1) is 9.36. The number of aryl methyl sites for hydroxylation is 1. The lowest BCUT2D eigenvalue weighted by molar-refractivity contribution is -0.384. The van der Waals surface area contributed by atoms with Gasteiger partial charge < -0.3 is 15.2 Å². The highest BCUT2D eigenvalue weighted by molar-refractivity contribution is 5.96. The third kappa shape index (κ3) is 3.75. The Kier molecular flexibility index (Phi) is 5.15. The Hall–Kier alpha value is -2.48. The summed E-state index contributed by atoms with van der Waals surface area (Å²) < 4.78 is 4.29. The zero-order chi connectivity index (χ0) is 15.3. The van der Waals surface area contributed by atoms with Gasteiger partial charge in [-0.3, -0.25) is 14.9 Å². The minimum atomic E-state index is -1.48. The molecule has 0 fully saturated rings. The van der Waals surface area contributed by atoms with E-state index in [9.17, 15) is 24.8 Å². The molecule has 0 saturated heterocycles. The van der Waals surface area contributed by atoms with Crippen LogP contribution in [0.25, 0.3) is 0 Å². The smallest absolute Gasteiger partial charge is 0.336 e. The summed E-state index contributed by atoms with van der Waals surface area (Å²) in [6, 6.07) is 3.87. The van der Waals surface area contributed by atoms with E-state index in [2.05, 4.69) is 10.1 Å². The summed E-state index contributed by atoms with van der Waals surface area (Å²) in [6.45, 7) is 1.28. The van der Waals surface area contributed by atoms with Crippen LogP contribution in [0.1, 0.15) is 15.9 Å². The molecule has 0 aliphatic rings. The fourth-order valence-corrected chi connectivity index (χ4v) is 1.47. The van der Waals surface area contributed by atoms with Gasteiger partial charge in [0.25, 0.3) is 11.6 Å². The number of hydrogen-bond acceptors (Lipinski definition) is 6. The molecule has 0 bridgehead atoms. The average Bonchev–Trinajstić information content (AvgIpc) is 2.43. The second-order valence-corrected chi connectivity index (χ2v) is 4.01. The third-order valence-electron chi connectivity index (χ3n) is 2.61. The molecule has 1 unspecified atom stereocenters. The molecule has 8 nitrogen and oxygen atoms in total. The molecule has 1 amide bonds. The number of nitro benzene ring substituents is 1. The molecule has 0 aliphatic carbocycles. The molecule has 0 spiro atoms. The number of methoxy groups -OCH3 is 1. The topological polar surface area (TPSA) is 119 Å². The van der Waals surface area contributed by atoms with Crippen molar-refractivity contribution >= 4 is 17.6 Å². The third-order valence-corrected chi connectivity index (χ3v) is 2.61. The van der Waals surface area contributed by atoms with E-state index in [0.717, 1.165) is 13.2 Å². The van der Waals surface area contributed by atoms with Crippen LogP contribution >= 0.6 is 0 Å². The minimum Gasteiger partial charge on any atom is -0.467 e. The van der Waals surface area contributed by atoms with Crippen molar-refractivity contribution in [2.75, 3.05) is 13.7 Å². The molecule has 108 valence electrons. The van der Waals surface area contributed by atoms with Crippen LogP contribution in [0.15, 0.2) is 18.2 Å². The van der Waals surface area contributed by atoms with Crippen molar-refractivity contribution in [3.05, 3.63) is 39.4 Å². The molecule has 2 N–H and O–H groups in total. The fraction of sp³-hybridized carbons (Fsp3) is 0.333. The SMILES string of the molecule is COC(=O)C(O)CNC(=O)c1cc([N+](=O)[O-])ccc1C. The molecule has 0 radical (unpaired) electrons. The molecule has 0 saturated carbocycles. The van der Waals surface area contributed by atoms with Gasteiger partial charge in [0.1, 0.15) is 0 Å². The average molecular weight is 282 g/mol. The van der Waals surface area contributed by atoms with Gasteiger partial charge >= 0.3 is 5.97 Å². The number of benzene rings is 1. The zero-order valence-electron chi connectivity index (χ0n) is 11.0.